The van der Waals surface area contributed by atoms with Crippen LogP contribution >= 0.6 is 0 Å². The first-order valence-corrected chi connectivity index (χ1v) is 6.49. The second-order valence-electron chi connectivity index (χ2n) is 3.51. The Labute approximate surface area is 83.3 Å². The number of hydrogen-bond donors (Lipinski definition) is 1. The first kappa shape index (κ1) is 11.1. The molecule has 2 unspecified atom stereocenters. The lowest BCUT2D eigenvalue weighted by Gasteiger charge is -2.14. The Morgan fingerprint density at radius 3 is 2.92 bits per heavy atom. The molecule has 0 amide bonds. The lowest BCUT2D eigenvalue weighted by molar-refractivity contribution is 0.350. The summed E-state index contributed by atoms with van der Waals surface area (Å²) >= 11 is 0. The minimum Gasteiger partial charge on any atom is -0.316 e. The van der Waals surface area contributed by atoms with Gasteiger partial charge in [0.25, 0.3) is 0 Å². The van der Waals surface area contributed by atoms with Crippen LogP contribution in [0.4, 0.5) is 0 Å². The Balaban J connectivity index is 2.13. The number of hydrogen-bond acceptors (Lipinski definition) is 3. The summed E-state index contributed by atoms with van der Waals surface area (Å²) in [5.74, 6) is 1.64. The molecule has 78 valence electrons. The fourth-order valence-electron chi connectivity index (χ4n) is 1.65. The maximum absolute atomic E-state index is 11.2. The third-order valence-electron chi connectivity index (χ3n) is 2.64. The van der Waals surface area contributed by atoms with Crippen LogP contribution < -0.4 is 5.32 Å². The second-order valence-corrected chi connectivity index (χ2v) is 5.37. The fraction of sp³-hybridized carbons (Fsp3) is 1.00. The molecule has 1 N–H and O–H groups in total. The molecule has 0 radical (unpaired) electrons. The van der Waals surface area contributed by atoms with Gasteiger partial charge in [0.1, 0.15) is 0 Å². The second kappa shape index (κ2) is 5.73. The van der Waals surface area contributed by atoms with E-state index in [0.29, 0.717) is 6.04 Å². The Bertz CT molecular complexity index is 175. The van der Waals surface area contributed by atoms with Crippen LogP contribution in [-0.2, 0) is 10.8 Å². The molecule has 0 bridgehead atoms. The van der Waals surface area contributed by atoms with Gasteiger partial charge in [0.05, 0.1) is 0 Å². The van der Waals surface area contributed by atoms with E-state index in [2.05, 4.69) is 10.2 Å². The lowest BCUT2D eigenvalue weighted by Crippen LogP contribution is -2.31. The van der Waals surface area contributed by atoms with Crippen LogP contribution in [0.1, 0.15) is 13.3 Å². The molecule has 1 fully saturated rings. The molecule has 0 spiro atoms. The van der Waals surface area contributed by atoms with E-state index >= 15 is 0 Å². The Hall–Kier alpha value is 0.0700. The van der Waals surface area contributed by atoms with Gasteiger partial charge in [-0.25, -0.2) is 0 Å². The van der Waals surface area contributed by atoms with E-state index < -0.39 is 10.8 Å². The quantitative estimate of drug-likeness (QED) is 0.687. The summed E-state index contributed by atoms with van der Waals surface area (Å²) in [6, 6.07) is 0.648. The first-order chi connectivity index (χ1) is 6.26. The molecule has 0 aromatic rings. The zero-order valence-corrected chi connectivity index (χ0v) is 9.40. The molecule has 0 saturated carbocycles. The summed E-state index contributed by atoms with van der Waals surface area (Å²) in [5, 5.41) is 3.28. The van der Waals surface area contributed by atoms with E-state index in [1.54, 1.807) is 0 Å². The minimum absolute atomic E-state index is 0.598. The first-order valence-electron chi connectivity index (χ1n) is 5.00. The van der Waals surface area contributed by atoms with Crippen LogP contribution in [0.2, 0.25) is 0 Å². The van der Waals surface area contributed by atoms with Crippen LogP contribution in [0.15, 0.2) is 0 Å². The minimum atomic E-state index is -0.598. The average Bonchev–Trinajstić information content (AvgIpc) is 2.61. The van der Waals surface area contributed by atoms with Crippen molar-refractivity contribution in [2.45, 2.75) is 19.4 Å². The summed E-state index contributed by atoms with van der Waals surface area (Å²) in [7, 11) is 1.41. The summed E-state index contributed by atoms with van der Waals surface area (Å²) in [4.78, 5) is 2.40. The fourth-order valence-corrected chi connectivity index (χ4v) is 2.40. The zero-order chi connectivity index (χ0) is 9.68. The van der Waals surface area contributed by atoms with Crippen molar-refractivity contribution in [3.8, 4) is 0 Å². The number of nitrogens with one attached hydrogen (secondary N) is 1. The molecule has 2 atom stereocenters. The van der Waals surface area contributed by atoms with Gasteiger partial charge in [-0.1, -0.05) is 6.92 Å². The highest BCUT2D eigenvalue weighted by Gasteiger charge is 2.20. The molecular weight excluding hydrogens is 184 g/mol. The topological polar surface area (TPSA) is 32.3 Å². The van der Waals surface area contributed by atoms with Gasteiger partial charge < -0.3 is 10.2 Å². The van der Waals surface area contributed by atoms with Gasteiger partial charge >= 0.3 is 0 Å². The number of nitrogens with zero attached hydrogens (tertiary/aromatic N) is 1. The van der Waals surface area contributed by atoms with Crippen molar-refractivity contribution < 1.29 is 4.21 Å². The summed E-state index contributed by atoms with van der Waals surface area (Å²) < 4.78 is 11.2. The molecule has 1 rings (SSSR count). The molecule has 1 aliphatic heterocycles. The van der Waals surface area contributed by atoms with E-state index in [9.17, 15) is 4.21 Å². The van der Waals surface area contributed by atoms with E-state index in [-0.39, 0.29) is 0 Å². The van der Waals surface area contributed by atoms with Crippen LogP contribution in [0, 0.1) is 0 Å². The van der Waals surface area contributed by atoms with Crippen LogP contribution in [0.3, 0.4) is 0 Å². The average molecular weight is 204 g/mol. The molecule has 0 aromatic heterocycles. The van der Waals surface area contributed by atoms with Gasteiger partial charge in [-0.2, -0.15) is 0 Å². The third kappa shape index (κ3) is 3.75. The van der Waals surface area contributed by atoms with E-state index in [4.69, 9.17) is 0 Å². The molecule has 4 heteroatoms. The predicted molar refractivity (Wildman–Crippen MR) is 57.5 cm³/mol. The highest BCUT2D eigenvalue weighted by Crippen LogP contribution is 2.07. The normalized spacial score (nSPS) is 26.5. The zero-order valence-electron chi connectivity index (χ0n) is 8.58. The number of rotatable bonds is 5. The molecule has 0 aromatic carbocycles. The van der Waals surface area contributed by atoms with Crippen molar-refractivity contribution in [1.29, 1.82) is 0 Å². The Morgan fingerprint density at radius 2 is 2.38 bits per heavy atom. The highest BCUT2D eigenvalue weighted by atomic mass is 32.2. The molecule has 0 aliphatic carbocycles. The van der Waals surface area contributed by atoms with Gasteiger partial charge in [-0.15, -0.1) is 0 Å². The van der Waals surface area contributed by atoms with Crippen LogP contribution in [-0.4, -0.2) is 53.3 Å². The maximum Gasteiger partial charge on any atom is 0.0362 e. The number of likely N-dealkylation sites (tertiary alicyclic amines) is 1. The van der Waals surface area contributed by atoms with Gasteiger partial charge in [-0.05, 0) is 20.0 Å². The van der Waals surface area contributed by atoms with E-state index in [1.165, 1.54) is 6.42 Å². The third-order valence-corrected chi connectivity index (χ3v) is 3.92. The van der Waals surface area contributed by atoms with Crippen LogP contribution in [0.25, 0.3) is 0 Å². The largest absolute Gasteiger partial charge is 0.316 e. The molecular formula is C9H20N2OS. The van der Waals surface area contributed by atoms with E-state index in [1.807, 2.05) is 14.0 Å². The van der Waals surface area contributed by atoms with E-state index in [0.717, 1.165) is 31.1 Å². The van der Waals surface area contributed by atoms with Crippen molar-refractivity contribution in [3.05, 3.63) is 0 Å². The lowest BCUT2D eigenvalue weighted by atomic mass is 10.3. The summed E-state index contributed by atoms with van der Waals surface area (Å²) in [5.41, 5.74) is 0. The highest BCUT2D eigenvalue weighted by molar-refractivity contribution is 7.84. The summed E-state index contributed by atoms with van der Waals surface area (Å²) in [6.45, 7) is 5.26. The van der Waals surface area contributed by atoms with Gasteiger partial charge in [0.15, 0.2) is 0 Å². The van der Waals surface area contributed by atoms with Crippen molar-refractivity contribution >= 4 is 10.8 Å². The predicted octanol–water partition coefficient (Wildman–Crippen LogP) is 0.0487. The molecule has 1 heterocycles. The standard InChI is InChI=1S/C9H20N2OS/c1-3-13(12)7-6-11-5-4-9(8-11)10-2/h9-10H,3-8H2,1-2H3. The SMILES string of the molecule is CCS(=O)CCN1CCC(NC)C1. The van der Waals surface area contributed by atoms with Crippen molar-refractivity contribution in [1.82, 2.24) is 10.2 Å². The van der Waals surface area contributed by atoms with Crippen molar-refractivity contribution in [2.75, 3.05) is 38.2 Å². The Kier molecular flexibility index (Phi) is 4.91. The van der Waals surface area contributed by atoms with Gasteiger partial charge in [0, 0.05) is 41.4 Å². The molecule has 3 nitrogen and oxygen atoms in total. The summed E-state index contributed by atoms with van der Waals surface area (Å²) in [6.07, 6.45) is 1.23. The Morgan fingerprint density at radius 1 is 1.62 bits per heavy atom. The molecule has 13 heavy (non-hydrogen) atoms. The monoisotopic (exact) mass is 204 g/mol. The number of likely N-dealkylation sites (N-methyl/N-ethyl adjacent to an activating group) is 1. The van der Waals surface area contributed by atoms with Gasteiger partial charge in [-0.3, -0.25) is 4.21 Å². The van der Waals surface area contributed by atoms with Crippen molar-refractivity contribution in [3.63, 3.8) is 0 Å². The van der Waals surface area contributed by atoms with Crippen LogP contribution in [0.5, 0.6) is 0 Å². The van der Waals surface area contributed by atoms with Gasteiger partial charge in [0.2, 0.25) is 0 Å². The smallest absolute Gasteiger partial charge is 0.0362 e. The molecule has 1 aliphatic rings. The maximum atomic E-state index is 11.2. The van der Waals surface area contributed by atoms with Crippen molar-refractivity contribution in [2.24, 2.45) is 0 Å². The molecule has 1 saturated heterocycles.